The van der Waals surface area contributed by atoms with Crippen LogP contribution in [0.5, 0.6) is 0 Å². The lowest BCUT2D eigenvalue weighted by Gasteiger charge is -2.33. The molecule has 0 aliphatic carbocycles. The van der Waals surface area contributed by atoms with Gasteiger partial charge >= 0.3 is 0 Å². The number of aryl methyl sites for hydroxylation is 1. The molecule has 2 amide bonds. The van der Waals surface area contributed by atoms with Crippen molar-refractivity contribution in [1.82, 2.24) is 10.2 Å². The molecule has 2 aromatic carbocycles. The molecule has 9 heteroatoms. The molecule has 2 aromatic rings. The Morgan fingerprint density at radius 2 is 1.73 bits per heavy atom. The van der Waals surface area contributed by atoms with Crippen LogP contribution < -0.4 is 9.62 Å². The molecule has 1 unspecified atom stereocenters. The molecule has 0 bridgehead atoms. The molecule has 0 aromatic heterocycles. The van der Waals surface area contributed by atoms with Crippen LogP contribution in [0.3, 0.4) is 0 Å². The number of sulfonamides is 1. The van der Waals surface area contributed by atoms with Gasteiger partial charge in [-0.1, -0.05) is 42.0 Å². The van der Waals surface area contributed by atoms with Gasteiger partial charge in [0, 0.05) is 12.1 Å². The van der Waals surface area contributed by atoms with Crippen LogP contribution >= 0.6 is 0 Å². The highest BCUT2D eigenvalue weighted by Crippen LogP contribution is 2.22. The van der Waals surface area contributed by atoms with E-state index in [4.69, 9.17) is 0 Å². The number of nitrogens with zero attached hydrogens (tertiary/aromatic N) is 2. The molecule has 0 aliphatic rings. The topological polar surface area (TPSA) is 86.8 Å². The van der Waals surface area contributed by atoms with Gasteiger partial charge < -0.3 is 10.2 Å². The lowest BCUT2D eigenvalue weighted by molar-refractivity contribution is -0.140. The molecule has 0 saturated carbocycles. The average Bonchev–Trinajstić information content (AvgIpc) is 2.68. The zero-order valence-corrected chi connectivity index (χ0v) is 20.7. The second-order valence-corrected chi connectivity index (χ2v) is 11.1. The number of amides is 2. The normalized spacial score (nSPS) is 12.7. The lowest BCUT2D eigenvalue weighted by Crippen LogP contribution is -2.54. The molecule has 0 aliphatic heterocycles. The van der Waals surface area contributed by atoms with Crippen LogP contribution in [0.15, 0.2) is 48.5 Å². The van der Waals surface area contributed by atoms with Gasteiger partial charge in [0.2, 0.25) is 21.8 Å². The first-order chi connectivity index (χ1) is 15.2. The van der Waals surface area contributed by atoms with E-state index in [9.17, 15) is 22.4 Å². The zero-order valence-electron chi connectivity index (χ0n) is 19.9. The van der Waals surface area contributed by atoms with E-state index in [0.717, 1.165) is 27.8 Å². The van der Waals surface area contributed by atoms with Crippen LogP contribution in [0.4, 0.5) is 10.1 Å². The minimum Gasteiger partial charge on any atom is -0.350 e. The summed E-state index contributed by atoms with van der Waals surface area (Å²) in [6, 6.07) is 11.9. The van der Waals surface area contributed by atoms with E-state index in [-0.39, 0.29) is 18.1 Å². The Morgan fingerprint density at radius 3 is 2.27 bits per heavy atom. The molecule has 0 fully saturated rings. The van der Waals surface area contributed by atoms with Crippen LogP contribution in [-0.2, 0) is 26.2 Å². The number of carbonyl (C=O) groups is 2. The monoisotopic (exact) mass is 477 g/mol. The smallest absolute Gasteiger partial charge is 0.244 e. The molecule has 0 saturated heterocycles. The quantitative estimate of drug-likeness (QED) is 0.633. The van der Waals surface area contributed by atoms with Crippen LogP contribution in [0.1, 0.15) is 38.8 Å². The van der Waals surface area contributed by atoms with Gasteiger partial charge in [0.25, 0.3) is 0 Å². The molecule has 7 nitrogen and oxygen atoms in total. The third-order valence-corrected chi connectivity index (χ3v) is 6.03. The summed E-state index contributed by atoms with van der Waals surface area (Å²) >= 11 is 0. The third kappa shape index (κ3) is 7.56. The largest absolute Gasteiger partial charge is 0.350 e. The number of nitrogens with one attached hydrogen (secondary N) is 1. The third-order valence-electron chi connectivity index (χ3n) is 4.90. The molecule has 180 valence electrons. The van der Waals surface area contributed by atoms with Crippen molar-refractivity contribution in [3.05, 3.63) is 65.5 Å². The molecule has 2 rings (SSSR count). The van der Waals surface area contributed by atoms with Crippen LogP contribution in [0.25, 0.3) is 0 Å². The second-order valence-electron chi connectivity index (χ2n) is 9.15. The number of hydrogen-bond acceptors (Lipinski definition) is 4. The van der Waals surface area contributed by atoms with E-state index in [1.54, 1.807) is 6.92 Å². The standard InChI is InChI=1S/C24H32FN3O4S/c1-17-10-9-11-19(14-17)15-27(18(2)23(30)26-24(3,4)5)22(29)16-28(33(6,31)32)21-13-8-7-12-20(21)25/h7-14,18H,15-16H2,1-6H3,(H,26,30). The van der Waals surface area contributed by atoms with Crippen LogP contribution in [-0.4, -0.2) is 49.5 Å². The first-order valence-corrected chi connectivity index (χ1v) is 12.4. The van der Waals surface area contributed by atoms with Gasteiger partial charge in [-0.25, -0.2) is 12.8 Å². The van der Waals surface area contributed by atoms with Gasteiger partial charge in [0.15, 0.2) is 0 Å². The second kappa shape index (κ2) is 10.3. The van der Waals surface area contributed by atoms with Crippen LogP contribution in [0, 0.1) is 12.7 Å². The summed E-state index contributed by atoms with van der Waals surface area (Å²) < 4.78 is 40.0. The fraction of sp³-hybridized carbons (Fsp3) is 0.417. The lowest BCUT2D eigenvalue weighted by atomic mass is 10.1. The number of para-hydroxylation sites is 1. The van der Waals surface area contributed by atoms with E-state index < -0.39 is 39.9 Å². The molecule has 0 radical (unpaired) electrons. The van der Waals surface area contributed by atoms with Crippen molar-refractivity contribution < 1.29 is 22.4 Å². The van der Waals surface area contributed by atoms with Gasteiger partial charge in [0.1, 0.15) is 18.4 Å². The highest BCUT2D eigenvalue weighted by Gasteiger charge is 2.32. The van der Waals surface area contributed by atoms with E-state index in [0.29, 0.717) is 0 Å². The number of hydrogen-bond donors (Lipinski definition) is 1. The maximum absolute atomic E-state index is 14.4. The van der Waals surface area contributed by atoms with E-state index in [1.807, 2.05) is 52.0 Å². The maximum Gasteiger partial charge on any atom is 0.244 e. The summed E-state index contributed by atoms with van der Waals surface area (Å²) in [6.07, 6.45) is 0.910. The van der Waals surface area contributed by atoms with Gasteiger partial charge in [-0.15, -0.1) is 0 Å². The summed E-state index contributed by atoms with van der Waals surface area (Å²) in [5.74, 6) is -1.76. The number of benzene rings is 2. The Bertz CT molecular complexity index is 1110. The first kappa shape index (κ1) is 26.3. The Labute approximate surface area is 195 Å². The van der Waals surface area contributed by atoms with Gasteiger partial charge in [0.05, 0.1) is 11.9 Å². The van der Waals surface area contributed by atoms with E-state index >= 15 is 0 Å². The summed E-state index contributed by atoms with van der Waals surface area (Å²) in [5.41, 5.74) is 1.03. The van der Waals surface area contributed by atoms with Crippen molar-refractivity contribution in [3.8, 4) is 0 Å². The van der Waals surface area contributed by atoms with Crippen molar-refractivity contribution >= 4 is 27.5 Å². The van der Waals surface area contributed by atoms with Gasteiger partial charge in [-0.05, 0) is 52.3 Å². The number of halogens is 1. The molecular formula is C24H32FN3O4S. The molecule has 1 N–H and O–H groups in total. The van der Waals surface area contributed by atoms with Crippen molar-refractivity contribution in [2.24, 2.45) is 0 Å². The maximum atomic E-state index is 14.4. The number of carbonyl (C=O) groups excluding carboxylic acids is 2. The average molecular weight is 478 g/mol. The minimum atomic E-state index is -3.98. The Morgan fingerprint density at radius 1 is 1.09 bits per heavy atom. The highest BCUT2D eigenvalue weighted by molar-refractivity contribution is 7.92. The predicted octanol–water partition coefficient (Wildman–Crippen LogP) is 3.23. The Balaban J connectivity index is 2.42. The van der Waals surface area contributed by atoms with E-state index in [1.165, 1.54) is 23.1 Å². The molecular weight excluding hydrogens is 445 g/mol. The molecule has 33 heavy (non-hydrogen) atoms. The number of rotatable bonds is 8. The summed E-state index contributed by atoms with van der Waals surface area (Å²) in [7, 11) is -3.98. The summed E-state index contributed by atoms with van der Waals surface area (Å²) in [5, 5.41) is 2.85. The molecule has 0 spiro atoms. The van der Waals surface area contributed by atoms with Gasteiger partial charge in [-0.2, -0.15) is 0 Å². The van der Waals surface area contributed by atoms with Crippen LogP contribution in [0.2, 0.25) is 0 Å². The van der Waals surface area contributed by atoms with Crippen molar-refractivity contribution in [2.45, 2.75) is 52.7 Å². The molecule has 1 atom stereocenters. The number of anilines is 1. The van der Waals surface area contributed by atoms with Crippen molar-refractivity contribution in [3.63, 3.8) is 0 Å². The Kier molecular flexibility index (Phi) is 8.24. The SMILES string of the molecule is Cc1cccc(CN(C(=O)CN(c2ccccc2F)S(C)(=O)=O)C(C)C(=O)NC(C)(C)C)c1. The Hall–Kier alpha value is -2.94. The summed E-state index contributed by atoms with van der Waals surface area (Å²) in [6.45, 7) is 8.43. The minimum absolute atomic E-state index is 0.0914. The zero-order chi connectivity index (χ0) is 25.0. The predicted molar refractivity (Wildman–Crippen MR) is 128 cm³/mol. The highest BCUT2D eigenvalue weighted by atomic mass is 32.2. The van der Waals surface area contributed by atoms with E-state index in [2.05, 4.69) is 5.32 Å². The molecule has 0 heterocycles. The fourth-order valence-electron chi connectivity index (χ4n) is 3.31. The van der Waals surface area contributed by atoms with Crippen molar-refractivity contribution in [1.29, 1.82) is 0 Å². The first-order valence-electron chi connectivity index (χ1n) is 10.6. The van der Waals surface area contributed by atoms with Crippen molar-refractivity contribution in [2.75, 3.05) is 17.1 Å². The van der Waals surface area contributed by atoms with Gasteiger partial charge in [-0.3, -0.25) is 13.9 Å². The fourth-order valence-corrected chi connectivity index (χ4v) is 4.16. The summed E-state index contributed by atoms with van der Waals surface area (Å²) in [4.78, 5) is 27.6.